The molecule has 0 aliphatic heterocycles. The van der Waals surface area contributed by atoms with Crippen LogP contribution in [-0.4, -0.2) is 5.78 Å². The highest BCUT2D eigenvalue weighted by Gasteiger charge is 2.26. The molecule has 0 bridgehead atoms. The Bertz CT molecular complexity index is 654. The first kappa shape index (κ1) is 14.8. The van der Waals surface area contributed by atoms with Crippen molar-refractivity contribution >= 4 is 32.5 Å². The van der Waals surface area contributed by atoms with Crippen LogP contribution < -0.4 is 0 Å². The quantitative estimate of drug-likeness (QED) is 0.624. The van der Waals surface area contributed by atoms with E-state index in [1.165, 1.54) is 24.6 Å². The van der Waals surface area contributed by atoms with Crippen LogP contribution in [0, 0.1) is 11.8 Å². The molecule has 0 radical (unpaired) electrons. The van der Waals surface area contributed by atoms with Gasteiger partial charge in [0.1, 0.15) is 0 Å². The Morgan fingerprint density at radius 3 is 2.43 bits per heavy atom. The third-order valence-corrected chi connectivity index (χ3v) is 5.37. The fourth-order valence-corrected chi connectivity index (χ4v) is 3.82. The zero-order valence-electron chi connectivity index (χ0n) is 12.4. The van der Waals surface area contributed by atoms with Crippen molar-refractivity contribution in [2.45, 2.75) is 39.0 Å². The first-order valence-electron chi connectivity index (χ1n) is 7.91. The summed E-state index contributed by atoms with van der Waals surface area (Å²) in [6.45, 7) is 2.26. The van der Waals surface area contributed by atoms with E-state index in [0.29, 0.717) is 5.78 Å². The van der Waals surface area contributed by atoms with Gasteiger partial charge in [0.2, 0.25) is 0 Å². The molecule has 0 atom stereocenters. The van der Waals surface area contributed by atoms with Crippen molar-refractivity contribution in [3.05, 3.63) is 46.4 Å². The van der Waals surface area contributed by atoms with E-state index < -0.39 is 0 Å². The highest BCUT2D eigenvalue weighted by molar-refractivity contribution is 9.10. The second kappa shape index (κ2) is 6.31. The molecule has 0 amide bonds. The number of Topliss-reactive ketones (excluding diaryl/α,β-unsaturated/α-hetero) is 1. The minimum Gasteiger partial charge on any atom is -0.294 e. The summed E-state index contributed by atoms with van der Waals surface area (Å²) in [5, 5.41) is 2.32. The summed E-state index contributed by atoms with van der Waals surface area (Å²) in [5.74, 6) is 1.41. The topological polar surface area (TPSA) is 17.1 Å². The van der Waals surface area contributed by atoms with Gasteiger partial charge in [-0.15, -0.1) is 0 Å². The van der Waals surface area contributed by atoms with E-state index in [1.807, 2.05) is 12.1 Å². The van der Waals surface area contributed by atoms with E-state index in [4.69, 9.17) is 0 Å². The first-order chi connectivity index (χ1) is 10.2. The van der Waals surface area contributed by atoms with Gasteiger partial charge in [-0.3, -0.25) is 4.79 Å². The molecule has 2 heteroatoms. The van der Waals surface area contributed by atoms with Gasteiger partial charge < -0.3 is 0 Å². The maximum Gasteiger partial charge on any atom is 0.165 e. The summed E-state index contributed by atoms with van der Waals surface area (Å²) < 4.78 is 1.08. The van der Waals surface area contributed by atoms with Crippen molar-refractivity contribution in [2.24, 2.45) is 11.8 Å². The van der Waals surface area contributed by atoms with Gasteiger partial charge in [0.25, 0.3) is 0 Å². The lowest BCUT2D eigenvalue weighted by atomic mass is 9.77. The Balaban J connectivity index is 1.80. The molecule has 1 aliphatic carbocycles. The normalized spacial score (nSPS) is 22.4. The molecule has 21 heavy (non-hydrogen) atoms. The average molecular weight is 345 g/mol. The first-order valence-corrected chi connectivity index (χ1v) is 8.70. The summed E-state index contributed by atoms with van der Waals surface area (Å²) in [7, 11) is 0. The van der Waals surface area contributed by atoms with E-state index in [1.54, 1.807) is 0 Å². The number of halogens is 1. The molecule has 0 aromatic heterocycles. The van der Waals surface area contributed by atoms with Crippen molar-refractivity contribution in [3.8, 4) is 0 Å². The molecule has 1 aliphatic rings. The van der Waals surface area contributed by atoms with Gasteiger partial charge in [0, 0.05) is 16.0 Å². The predicted octanol–water partition coefficient (Wildman–Crippen LogP) is 6.00. The molecule has 2 aromatic carbocycles. The van der Waals surface area contributed by atoms with E-state index in [-0.39, 0.29) is 5.92 Å². The Morgan fingerprint density at radius 1 is 1.05 bits per heavy atom. The molecule has 3 rings (SSSR count). The number of hydrogen-bond donors (Lipinski definition) is 0. The summed E-state index contributed by atoms with van der Waals surface area (Å²) in [4.78, 5) is 12.7. The van der Waals surface area contributed by atoms with Crippen LogP contribution >= 0.6 is 15.9 Å². The van der Waals surface area contributed by atoms with Gasteiger partial charge >= 0.3 is 0 Å². The third kappa shape index (κ3) is 3.21. The van der Waals surface area contributed by atoms with Crippen molar-refractivity contribution in [2.75, 3.05) is 0 Å². The summed E-state index contributed by atoms with van der Waals surface area (Å²) in [6, 6.07) is 12.3. The van der Waals surface area contributed by atoms with Gasteiger partial charge in [-0.1, -0.05) is 47.5 Å². The SMILES string of the molecule is CCC1CCC(C(=O)c2ccc3cc(Br)ccc3c2)CC1. The molecule has 1 saturated carbocycles. The van der Waals surface area contributed by atoms with Crippen molar-refractivity contribution in [3.63, 3.8) is 0 Å². The lowest BCUT2D eigenvalue weighted by Gasteiger charge is -2.26. The Morgan fingerprint density at radius 2 is 1.71 bits per heavy atom. The van der Waals surface area contributed by atoms with Gasteiger partial charge in [0.05, 0.1) is 0 Å². The molecule has 1 fully saturated rings. The molecule has 0 unspecified atom stereocenters. The van der Waals surface area contributed by atoms with Gasteiger partial charge in [-0.25, -0.2) is 0 Å². The largest absolute Gasteiger partial charge is 0.294 e. The summed E-state index contributed by atoms with van der Waals surface area (Å²) >= 11 is 3.49. The molecular formula is C19H21BrO. The van der Waals surface area contributed by atoms with Crippen LogP contribution in [0.15, 0.2) is 40.9 Å². The monoisotopic (exact) mass is 344 g/mol. The predicted molar refractivity (Wildman–Crippen MR) is 91.7 cm³/mol. The summed E-state index contributed by atoms with van der Waals surface area (Å²) in [6.07, 6.45) is 5.82. The van der Waals surface area contributed by atoms with E-state index in [0.717, 1.165) is 34.2 Å². The van der Waals surface area contributed by atoms with Crippen LogP contribution in [-0.2, 0) is 0 Å². The average Bonchev–Trinajstić information content (AvgIpc) is 2.53. The highest BCUT2D eigenvalue weighted by atomic mass is 79.9. The number of benzene rings is 2. The second-order valence-electron chi connectivity index (χ2n) is 6.20. The van der Waals surface area contributed by atoms with E-state index in [2.05, 4.69) is 47.1 Å². The van der Waals surface area contributed by atoms with Gasteiger partial charge in [-0.2, -0.15) is 0 Å². The zero-order chi connectivity index (χ0) is 14.8. The van der Waals surface area contributed by atoms with Crippen LogP contribution in [0.5, 0.6) is 0 Å². The lowest BCUT2D eigenvalue weighted by Crippen LogP contribution is -2.21. The standard InChI is InChI=1S/C19H21BrO/c1-2-13-3-5-14(6-4-13)19(21)17-8-7-16-12-18(20)10-9-15(16)11-17/h7-14H,2-6H2,1H3. The van der Waals surface area contributed by atoms with Gasteiger partial charge in [0.15, 0.2) is 5.78 Å². The number of carbonyl (C=O) groups is 1. The second-order valence-corrected chi connectivity index (χ2v) is 7.11. The van der Waals surface area contributed by atoms with Crippen LogP contribution in [0.25, 0.3) is 10.8 Å². The molecule has 0 spiro atoms. The maximum atomic E-state index is 12.7. The van der Waals surface area contributed by atoms with E-state index >= 15 is 0 Å². The van der Waals surface area contributed by atoms with Gasteiger partial charge in [-0.05, 0) is 60.6 Å². The fraction of sp³-hybridized carbons (Fsp3) is 0.421. The number of fused-ring (bicyclic) bond motifs is 1. The molecular weight excluding hydrogens is 324 g/mol. The van der Waals surface area contributed by atoms with Crippen LogP contribution in [0.2, 0.25) is 0 Å². The Labute approximate surface area is 134 Å². The molecule has 0 heterocycles. The fourth-order valence-electron chi connectivity index (χ4n) is 3.44. The number of hydrogen-bond acceptors (Lipinski definition) is 1. The van der Waals surface area contributed by atoms with E-state index in [9.17, 15) is 4.79 Å². The van der Waals surface area contributed by atoms with Crippen LogP contribution in [0.1, 0.15) is 49.4 Å². The third-order valence-electron chi connectivity index (χ3n) is 4.88. The summed E-state index contributed by atoms with van der Waals surface area (Å²) in [5.41, 5.74) is 0.879. The lowest BCUT2D eigenvalue weighted by molar-refractivity contribution is 0.0871. The minimum absolute atomic E-state index is 0.237. The Hall–Kier alpha value is -1.15. The molecule has 0 N–H and O–H groups in total. The molecule has 1 nitrogen and oxygen atoms in total. The molecule has 110 valence electrons. The number of ketones is 1. The smallest absolute Gasteiger partial charge is 0.165 e. The number of carbonyl (C=O) groups excluding carboxylic acids is 1. The maximum absolute atomic E-state index is 12.7. The molecule has 0 saturated heterocycles. The zero-order valence-corrected chi connectivity index (χ0v) is 14.0. The van der Waals surface area contributed by atoms with Crippen LogP contribution in [0.3, 0.4) is 0 Å². The van der Waals surface area contributed by atoms with Crippen molar-refractivity contribution in [1.82, 2.24) is 0 Å². The highest BCUT2D eigenvalue weighted by Crippen LogP contribution is 2.33. The Kier molecular flexibility index (Phi) is 4.44. The minimum atomic E-state index is 0.237. The van der Waals surface area contributed by atoms with Crippen molar-refractivity contribution in [1.29, 1.82) is 0 Å². The van der Waals surface area contributed by atoms with Crippen molar-refractivity contribution < 1.29 is 4.79 Å². The molecule has 2 aromatic rings. The van der Waals surface area contributed by atoms with Crippen LogP contribution in [0.4, 0.5) is 0 Å². The number of rotatable bonds is 3.